The van der Waals surface area contributed by atoms with Crippen molar-refractivity contribution in [2.75, 3.05) is 14.2 Å². The van der Waals surface area contributed by atoms with Crippen LogP contribution >= 0.6 is 22.9 Å². The van der Waals surface area contributed by atoms with Crippen LogP contribution in [0.1, 0.15) is 30.5 Å². The molecule has 5 nitrogen and oxygen atoms in total. The molecule has 30 heavy (non-hydrogen) atoms. The van der Waals surface area contributed by atoms with Gasteiger partial charge in [0.05, 0.1) is 30.9 Å². The number of ether oxygens (including phenoxy) is 3. The molecule has 0 aliphatic heterocycles. The number of carbonyl (C=O) groups excluding carboxylic acids is 1. The summed E-state index contributed by atoms with van der Waals surface area (Å²) in [6, 6.07) is 13.1. The van der Waals surface area contributed by atoms with Crippen LogP contribution in [0.4, 0.5) is 0 Å². The summed E-state index contributed by atoms with van der Waals surface area (Å²) in [6.45, 7) is 0.136. The highest BCUT2D eigenvalue weighted by molar-refractivity contribution is 7.13. The number of thiazole rings is 1. The highest BCUT2D eigenvalue weighted by atomic mass is 35.5. The lowest BCUT2D eigenvalue weighted by Gasteiger charge is -2.39. The van der Waals surface area contributed by atoms with E-state index in [1.165, 1.54) is 11.3 Å². The summed E-state index contributed by atoms with van der Waals surface area (Å²) in [4.78, 5) is 17.6. The first-order valence-corrected chi connectivity index (χ1v) is 10.9. The van der Waals surface area contributed by atoms with Gasteiger partial charge in [-0.1, -0.05) is 36.2 Å². The fraction of sp³-hybridized carbons (Fsp3) is 0.304. The van der Waals surface area contributed by atoms with Crippen molar-refractivity contribution in [3.8, 4) is 22.1 Å². The Morgan fingerprint density at radius 3 is 2.53 bits per heavy atom. The second-order valence-corrected chi connectivity index (χ2v) is 8.50. The Kier molecular flexibility index (Phi) is 5.97. The molecule has 0 unspecified atom stereocenters. The van der Waals surface area contributed by atoms with Crippen molar-refractivity contribution in [3.05, 3.63) is 64.1 Å². The molecule has 7 heteroatoms. The molecule has 0 N–H and O–H groups in total. The van der Waals surface area contributed by atoms with E-state index in [0.29, 0.717) is 22.2 Å². The van der Waals surface area contributed by atoms with E-state index in [2.05, 4.69) is 4.98 Å². The molecule has 3 aromatic rings. The fourth-order valence-corrected chi connectivity index (χ4v) is 4.69. The van der Waals surface area contributed by atoms with Gasteiger partial charge >= 0.3 is 5.97 Å². The molecule has 0 radical (unpaired) electrons. The van der Waals surface area contributed by atoms with Crippen LogP contribution in [0.5, 0.6) is 11.5 Å². The maximum Gasteiger partial charge on any atom is 0.316 e. The van der Waals surface area contributed by atoms with Crippen molar-refractivity contribution in [3.63, 3.8) is 0 Å². The number of esters is 1. The minimum absolute atomic E-state index is 0.136. The minimum atomic E-state index is -0.570. The van der Waals surface area contributed by atoms with Crippen molar-refractivity contribution in [2.45, 2.75) is 31.3 Å². The second-order valence-electron chi connectivity index (χ2n) is 7.20. The average molecular weight is 444 g/mol. The third-order valence-corrected chi connectivity index (χ3v) is 6.71. The van der Waals surface area contributed by atoms with Crippen LogP contribution in [-0.2, 0) is 21.6 Å². The molecule has 1 aromatic heterocycles. The number of carbonyl (C=O) groups is 1. The predicted molar refractivity (Wildman–Crippen MR) is 117 cm³/mol. The molecule has 2 aromatic carbocycles. The van der Waals surface area contributed by atoms with E-state index in [1.54, 1.807) is 14.2 Å². The molecule has 0 bridgehead atoms. The standard InChI is InChI=1S/C23H22ClNO4S/c1-27-19-6-3-5-18(20(19)28-2)21-25-17(14-30-21)13-29-22(26)23(11-4-12-23)15-7-9-16(24)10-8-15/h3,5-10,14H,4,11-13H2,1-2H3. The van der Waals surface area contributed by atoms with E-state index in [9.17, 15) is 4.79 Å². The highest BCUT2D eigenvalue weighted by Crippen LogP contribution is 2.45. The van der Waals surface area contributed by atoms with Crippen molar-refractivity contribution >= 4 is 28.9 Å². The molecule has 1 aliphatic carbocycles. The zero-order valence-corrected chi connectivity index (χ0v) is 18.4. The van der Waals surface area contributed by atoms with Gasteiger partial charge in [-0.15, -0.1) is 11.3 Å². The molecule has 0 saturated heterocycles. The normalized spacial score (nSPS) is 14.6. The Balaban J connectivity index is 1.48. The van der Waals surface area contributed by atoms with E-state index >= 15 is 0 Å². The Hall–Kier alpha value is -2.57. The molecule has 156 valence electrons. The van der Waals surface area contributed by atoms with Gasteiger partial charge in [0.25, 0.3) is 0 Å². The number of para-hydroxylation sites is 1. The molecule has 0 spiro atoms. The Labute approximate surface area is 184 Å². The summed E-state index contributed by atoms with van der Waals surface area (Å²) < 4.78 is 16.6. The Bertz CT molecular complexity index is 1040. The molecular weight excluding hydrogens is 422 g/mol. The molecule has 0 amide bonds. The van der Waals surface area contributed by atoms with Crippen molar-refractivity contribution in [1.82, 2.24) is 4.98 Å². The third-order valence-electron chi connectivity index (χ3n) is 5.53. The highest BCUT2D eigenvalue weighted by Gasteiger charge is 2.47. The summed E-state index contributed by atoms with van der Waals surface area (Å²) >= 11 is 7.47. The van der Waals surface area contributed by atoms with Crippen molar-refractivity contribution in [2.24, 2.45) is 0 Å². The summed E-state index contributed by atoms with van der Waals surface area (Å²) in [5.41, 5.74) is 1.94. The van der Waals surface area contributed by atoms with Gasteiger partial charge in [-0.05, 0) is 42.7 Å². The fourth-order valence-electron chi connectivity index (χ4n) is 3.74. The van der Waals surface area contributed by atoms with Gasteiger partial charge in [0.15, 0.2) is 11.5 Å². The van der Waals surface area contributed by atoms with E-state index < -0.39 is 5.41 Å². The van der Waals surface area contributed by atoms with Gasteiger partial charge in [-0.25, -0.2) is 4.98 Å². The minimum Gasteiger partial charge on any atom is -0.493 e. The van der Waals surface area contributed by atoms with Gasteiger partial charge in [0.2, 0.25) is 0 Å². The van der Waals surface area contributed by atoms with Crippen LogP contribution < -0.4 is 9.47 Å². The summed E-state index contributed by atoms with van der Waals surface area (Å²) in [5, 5.41) is 3.34. The van der Waals surface area contributed by atoms with Gasteiger partial charge in [-0.3, -0.25) is 4.79 Å². The van der Waals surface area contributed by atoms with Crippen LogP contribution in [0.2, 0.25) is 5.02 Å². The topological polar surface area (TPSA) is 57.7 Å². The molecule has 1 aliphatic rings. The molecule has 4 rings (SSSR count). The predicted octanol–water partition coefficient (Wildman–Crippen LogP) is 5.65. The molecule has 1 fully saturated rings. The van der Waals surface area contributed by atoms with Gasteiger partial charge in [-0.2, -0.15) is 0 Å². The largest absolute Gasteiger partial charge is 0.493 e. The Morgan fingerprint density at radius 1 is 1.13 bits per heavy atom. The van der Waals surface area contributed by atoms with E-state index in [-0.39, 0.29) is 12.6 Å². The van der Waals surface area contributed by atoms with Gasteiger partial charge < -0.3 is 14.2 Å². The van der Waals surface area contributed by atoms with E-state index in [0.717, 1.165) is 35.4 Å². The zero-order valence-electron chi connectivity index (χ0n) is 16.8. The van der Waals surface area contributed by atoms with Crippen LogP contribution in [0.15, 0.2) is 47.8 Å². The van der Waals surface area contributed by atoms with Crippen LogP contribution in [0, 0.1) is 0 Å². The quantitative estimate of drug-likeness (QED) is 0.442. The van der Waals surface area contributed by atoms with Crippen LogP contribution in [0.25, 0.3) is 10.6 Å². The number of aromatic nitrogens is 1. The third kappa shape index (κ3) is 3.77. The number of nitrogens with zero attached hydrogens (tertiary/aromatic N) is 1. The SMILES string of the molecule is COc1cccc(-c2nc(COC(=O)C3(c4ccc(Cl)cc4)CCC3)cs2)c1OC. The molecular formula is C23H22ClNO4S. The molecule has 0 atom stereocenters. The van der Waals surface area contributed by atoms with Gasteiger partial charge in [0.1, 0.15) is 11.6 Å². The number of hydrogen-bond donors (Lipinski definition) is 0. The first-order chi connectivity index (χ1) is 14.6. The van der Waals surface area contributed by atoms with E-state index in [4.69, 9.17) is 25.8 Å². The first-order valence-electron chi connectivity index (χ1n) is 9.66. The average Bonchev–Trinajstić information content (AvgIpc) is 3.21. The van der Waals surface area contributed by atoms with Crippen LogP contribution in [0.3, 0.4) is 0 Å². The molecule has 1 heterocycles. The molecule has 1 saturated carbocycles. The smallest absolute Gasteiger partial charge is 0.316 e. The second kappa shape index (κ2) is 8.66. The van der Waals surface area contributed by atoms with Crippen molar-refractivity contribution in [1.29, 1.82) is 0 Å². The first kappa shape index (κ1) is 20.7. The zero-order chi connectivity index (χ0) is 21.1. The lowest BCUT2D eigenvalue weighted by Crippen LogP contribution is -2.43. The van der Waals surface area contributed by atoms with Crippen molar-refractivity contribution < 1.29 is 19.0 Å². The Morgan fingerprint density at radius 2 is 1.90 bits per heavy atom. The van der Waals surface area contributed by atoms with Crippen LogP contribution in [-0.4, -0.2) is 25.2 Å². The maximum atomic E-state index is 13.0. The maximum absolute atomic E-state index is 13.0. The number of hydrogen-bond acceptors (Lipinski definition) is 6. The monoisotopic (exact) mass is 443 g/mol. The summed E-state index contributed by atoms with van der Waals surface area (Å²) in [5.74, 6) is 1.08. The van der Waals surface area contributed by atoms with E-state index in [1.807, 2.05) is 47.8 Å². The lowest BCUT2D eigenvalue weighted by molar-refractivity contribution is -0.156. The number of methoxy groups -OCH3 is 2. The summed E-state index contributed by atoms with van der Waals surface area (Å²) in [6.07, 6.45) is 2.59. The number of benzene rings is 2. The van der Waals surface area contributed by atoms with Gasteiger partial charge in [0, 0.05) is 10.4 Å². The number of rotatable bonds is 7. The number of halogens is 1. The lowest BCUT2D eigenvalue weighted by atomic mass is 9.64. The summed E-state index contributed by atoms with van der Waals surface area (Å²) in [7, 11) is 3.21.